The Labute approximate surface area is 280 Å². The van der Waals surface area contributed by atoms with E-state index in [0.29, 0.717) is 31.4 Å². The van der Waals surface area contributed by atoms with E-state index in [2.05, 4.69) is 10.6 Å². The zero-order valence-corrected chi connectivity index (χ0v) is 26.7. The van der Waals surface area contributed by atoms with Crippen molar-refractivity contribution in [3.63, 3.8) is 0 Å². The Morgan fingerprint density at radius 3 is 2.33 bits per heavy atom. The maximum Gasteiger partial charge on any atom is 0.456 e. The summed E-state index contributed by atoms with van der Waals surface area (Å²) in [6.45, 7) is 1.57. The van der Waals surface area contributed by atoms with Crippen LogP contribution in [0.15, 0.2) is 77.4 Å². The normalized spacial score (nSPS) is 28.4. The maximum absolute atomic E-state index is 15.2. The third-order valence-electron chi connectivity index (χ3n) is 11.2. The Hall–Kier alpha value is -4.32. The van der Waals surface area contributed by atoms with Crippen LogP contribution in [0.5, 0.6) is 0 Å². The van der Waals surface area contributed by atoms with Gasteiger partial charge in [0, 0.05) is 30.0 Å². The van der Waals surface area contributed by atoms with E-state index in [9.17, 15) is 32.7 Å². The molecule has 7 nitrogen and oxygen atoms in total. The first-order valence-electron chi connectivity index (χ1n) is 16.3. The second kappa shape index (κ2) is 12.5. The lowest BCUT2D eigenvalue weighted by atomic mass is 9.50. The van der Waals surface area contributed by atoms with E-state index in [-0.39, 0.29) is 36.7 Å². The molecule has 2 fully saturated rings. The van der Waals surface area contributed by atoms with Gasteiger partial charge in [-0.3, -0.25) is 4.79 Å². The number of fused-ring (bicyclic) bond motifs is 4. The van der Waals surface area contributed by atoms with Gasteiger partial charge < -0.3 is 20.8 Å². The minimum absolute atomic E-state index is 0.0209. The highest BCUT2D eigenvalue weighted by atomic mass is 19.4. The minimum Gasteiger partial charge on any atom is -0.478 e. The summed E-state index contributed by atoms with van der Waals surface area (Å²) >= 11 is 0. The summed E-state index contributed by atoms with van der Waals surface area (Å²) in [5.41, 5.74) is -0.0559. The fourth-order valence-corrected chi connectivity index (χ4v) is 8.77. The molecule has 260 valence electrons. The van der Waals surface area contributed by atoms with Crippen molar-refractivity contribution in [2.75, 3.05) is 11.9 Å². The Balaban J connectivity index is 1.23. The standard InChI is InChI=1S/C37H37F5N2O5/c1-34-20-29(22-6-4-21(5-7-22)3-2-18-43-33(48)44-25-11-8-23(9-12-25)32(46)47)31-27-15-13-26(45)19-24(27)10-14-28(31)30(34)16-17-35(34,49)36(38,39)37(40,41)42/h2-9,11-12,19,28-30,49H,10,13-18,20H2,1H3,(H,46,47)(H2,43,44,48)/b3-2+/t28?,29-,30?,34+,35+/m1/s1. The number of halogens is 5. The number of nitrogens with one attached hydrogen (secondary N) is 2. The number of alkyl halides is 5. The van der Waals surface area contributed by atoms with E-state index in [4.69, 9.17) is 5.11 Å². The monoisotopic (exact) mass is 684 g/mol. The smallest absolute Gasteiger partial charge is 0.456 e. The number of carboxylic acids is 1. The highest BCUT2D eigenvalue weighted by molar-refractivity contribution is 5.93. The summed E-state index contributed by atoms with van der Waals surface area (Å²) < 4.78 is 71.9. The molecule has 4 aliphatic carbocycles. The first-order valence-corrected chi connectivity index (χ1v) is 16.3. The van der Waals surface area contributed by atoms with E-state index in [1.807, 2.05) is 12.1 Å². The van der Waals surface area contributed by atoms with Gasteiger partial charge in [-0.1, -0.05) is 48.9 Å². The average molecular weight is 685 g/mol. The molecule has 0 bridgehead atoms. The number of benzene rings is 2. The number of urea groups is 1. The molecule has 12 heteroatoms. The number of carbonyl (C=O) groups excluding carboxylic acids is 2. The largest absolute Gasteiger partial charge is 0.478 e. The molecule has 0 heterocycles. The quantitative estimate of drug-likeness (QED) is 0.221. The van der Waals surface area contributed by atoms with E-state index >= 15 is 8.78 Å². The Morgan fingerprint density at radius 2 is 1.67 bits per heavy atom. The SMILES string of the molecule is C[C@]12C[C@H](c3ccc(/C=C/CNC(=O)Nc4ccc(C(=O)O)cc4)cc3)C3=C4CCC(=O)C=C4CCC3C1CC[C@@]2(O)C(F)(F)C(F)(F)F. The molecule has 0 spiro atoms. The number of rotatable bonds is 7. The molecule has 2 aromatic carbocycles. The van der Waals surface area contributed by atoms with Crippen molar-refractivity contribution in [1.82, 2.24) is 5.32 Å². The highest BCUT2D eigenvalue weighted by Crippen LogP contribution is 2.70. The van der Waals surface area contributed by atoms with Gasteiger partial charge in [0.1, 0.15) is 5.60 Å². The zero-order valence-electron chi connectivity index (χ0n) is 26.7. The van der Waals surface area contributed by atoms with Crippen molar-refractivity contribution in [2.45, 2.75) is 75.5 Å². The lowest BCUT2D eigenvalue weighted by Crippen LogP contribution is -2.65. The molecule has 2 unspecified atom stereocenters. The van der Waals surface area contributed by atoms with Crippen molar-refractivity contribution < 1.29 is 46.5 Å². The zero-order chi connectivity index (χ0) is 35.4. The van der Waals surface area contributed by atoms with Crippen molar-refractivity contribution in [2.24, 2.45) is 17.3 Å². The number of hydrogen-bond acceptors (Lipinski definition) is 4. The fraction of sp³-hybridized carbons (Fsp3) is 0.432. The number of anilines is 1. The van der Waals surface area contributed by atoms with Crippen LogP contribution in [0.3, 0.4) is 0 Å². The van der Waals surface area contributed by atoms with E-state index in [1.54, 1.807) is 30.4 Å². The molecule has 6 rings (SSSR count). The minimum atomic E-state index is -5.91. The average Bonchev–Trinajstić information content (AvgIpc) is 3.33. The number of ketones is 1. The fourth-order valence-electron chi connectivity index (χ4n) is 8.77. The summed E-state index contributed by atoms with van der Waals surface area (Å²) in [6, 6.07) is 12.4. The van der Waals surface area contributed by atoms with Gasteiger partial charge in [-0.2, -0.15) is 22.0 Å². The molecule has 2 amide bonds. The molecule has 0 aliphatic heterocycles. The molecule has 2 saturated carbocycles. The number of allylic oxidation sites excluding steroid dienone is 4. The first-order chi connectivity index (χ1) is 23.1. The molecule has 0 radical (unpaired) electrons. The topological polar surface area (TPSA) is 116 Å². The predicted octanol–water partition coefficient (Wildman–Crippen LogP) is 8.05. The van der Waals surface area contributed by atoms with Crippen LogP contribution in [-0.2, 0) is 4.79 Å². The Kier molecular flexibility index (Phi) is 8.83. The van der Waals surface area contributed by atoms with Crippen LogP contribution < -0.4 is 10.6 Å². The molecule has 4 N–H and O–H groups in total. The van der Waals surface area contributed by atoms with Crippen LogP contribution in [0.4, 0.5) is 32.4 Å². The number of hydrogen-bond donors (Lipinski definition) is 4. The Bertz CT molecular complexity index is 1750. The second-order valence-corrected chi connectivity index (χ2v) is 13.8. The van der Waals surface area contributed by atoms with Gasteiger partial charge in [-0.25, -0.2) is 9.59 Å². The molecular formula is C37H37F5N2O5. The lowest BCUT2D eigenvalue weighted by Gasteiger charge is -2.56. The summed E-state index contributed by atoms with van der Waals surface area (Å²) in [4.78, 5) is 35.5. The number of carboxylic acid groups (broad SMARTS) is 1. The Morgan fingerprint density at radius 1 is 0.980 bits per heavy atom. The first kappa shape index (κ1) is 34.5. The van der Waals surface area contributed by atoms with Crippen LogP contribution in [-0.4, -0.2) is 52.2 Å². The van der Waals surface area contributed by atoms with Crippen LogP contribution in [0.25, 0.3) is 6.08 Å². The van der Waals surface area contributed by atoms with E-state index < -0.39 is 53.4 Å². The van der Waals surface area contributed by atoms with Crippen molar-refractivity contribution >= 4 is 29.5 Å². The molecule has 0 saturated heterocycles. The summed E-state index contributed by atoms with van der Waals surface area (Å²) in [7, 11) is 0. The summed E-state index contributed by atoms with van der Waals surface area (Å²) in [5, 5.41) is 25.7. The molecule has 49 heavy (non-hydrogen) atoms. The van der Waals surface area contributed by atoms with Crippen molar-refractivity contribution in [3.8, 4) is 0 Å². The third kappa shape index (κ3) is 5.98. The predicted molar refractivity (Wildman–Crippen MR) is 172 cm³/mol. The van der Waals surface area contributed by atoms with Gasteiger partial charge in [0.05, 0.1) is 5.56 Å². The second-order valence-electron chi connectivity index (χ2n) is 13.8. The molecule has 4 aliphatic rings. The van der Waals surface area contributed by atoms with E-state index in [1.165, 1.54) is 31.2 Å². The van der Waals surface area contributed by atoms with Crippen LogP contribution in [0, 0.1) is 17.3 Å². The van der Waals surface area contributed by atoms with Crippen LogP contribution in [0.2, 0.25) is 0 Å². The van der Waals surface area contributed by atoms with Gasteiger partial charge in [-0.05, 0) is 103 Å². The summed E-state index contributed by atoms with van der Waals surface area (Å²) in [5.74, 6) is -7.74. The van der Waals surface area contributed by atoms with Crippen LogP contribution >= 0.6 is 0 Å². The molecule has 2 aromatic rings. The highest BCUT2D eigenvalue weighted by Gasteiger charge is 2.79. The van der Waals surface area contributed by atoms with Gasteiger partial charge in [0.15, 0.2) is 5.78 Å². The molecule has 5 atom stereocenters. The van der Waals surface area contributed by atoms with Crippen molar-refractivity contribution in [1.29, 1.82) is 0 Å². The molecule has 0 aromatic heterocycles. The third-order valence-corrected chi connectivity index (χ3v) is 11.2. The van der Waals surface area contributed by atoms with Gasteiger partial charge in [-0.15, -0.1) is 0 Å². The van der Waals surface area contributed by atoms with Crippen molar-refractivity contribution in [3.05, 3.63) is 94.1 Å². The lowest BCUT2D eigenvalue weighted by molar-refractivity contribution is -0.362. The number of amides is 2. The number of carbonyl (C=O) groups is 3. The van der Waals surface area contributed by atoms with Crippen LogP contribution in [0.1, 0.15) is 79.3 Å². The molecular weight excluding hydrogens is 647 g/mol. The number of aromatic carboxylic acids is 1. The van der Waals surface area contributed by atoms with Gasteiger partial charge in [0.2, 0.25) is 0 Å². The van der Waals surface area contributed by atoms with Gasteiger partial charge in [0.25, 0.3) is 0 Å². The van der Waals surface area contributed by atoms with E-state index in [0.717, 1.165) is 27.8 Å². The van der Waals surface area contributed by atoms with Gasteiger partial charge >= 0.3 is 24.1 Å². The number of aliphatic hydroxyl groups is 1. The maximum atomic E-state index is 15.2. The summed E-state index contributed by atoms with van der Waals surface area (Å²) in [6.07, 6.45) is 0.381.